The van der Waals surface area contributed by atoms with Crippen LogP contribution in [-0.2, 0) is 14.3 Å². The fraction of sp³-hybridized carbons (Fsp3) is 0.238. The molecule has 1 aromatic carbocycles. The number of imide groups is 1. The number of anilines is 1. The van der Waals surface area contributed by atoms with Crippen LogP contribution in [0.1, 0.15) is 29.5 Å². The highest BCUT2D eigenvalue weighted by Gasteiger charge is 2.40. The second-order valence-corrected chi connectivity index (χ2v) is 7.85. The van der Waals surface area contributed by atoms with Crippen LogP contribution in [0.25, 0.3) is 11.5 Å². The van der Waals surface area contributed by atoms with E-state index in [1.807, 2.05) is 13.0 Å². The maximum atomic E-state index is 12.9. The number of rotatable bonds is 6. The maximum absolute atomic E-state index is 12.9. The zero-order valence-electron chi connectivity index (χ0n) is 16.8. The van der Waals surface area contributed by atoms with Crippen LogP contribution in [0.15, 0.2) is 52.2 Å². The van der Waals surface area contributed by atoms with E-state index in [1.54, 1.807) is 25.1 Å². The number of ether oxygens (including phenoxy) is 1. The molecule has 1 aliphatic rings. The molecule has 1 saturated heterocycles. The molecule has 158 valence electrons. The topological polar surface area (TPSA) is 115 Å². The fourth-order valence-corrected chi connectivity index (χ4v) is 4.02. The maximum Gasteiger partial charge on any atom is 0.338 e. The normalized spacial score (nSPS) is 16.1. The Morgan fingerprint density at radius 2 is 2.00 bits per heavy atom. The van der Waals surface area contributed by atoms with Gasteiger partial charge in [-0.15, -0.1) is 5.10 Å². The summed E-state index contributed by atoms with van der Waals surface area (Å²) in [6, 6.07) is 9.74. The van der Waals surface area contributed by atoms with E-state index in [0.717, 1.165) is 22.4 Å². The Morgan fingerprint density at radius 1 is 1.23 bits per heavy atom. The quantitative estimate of drug-likeness (QED) is 0.423. The smallest absolute Gasteiger partial charge is 0.338 e. The van der Waals surface area contributed by atoms with Gasteiger partial charge in [-0.25, -0.2) is 14.7 Å². The van der Waals surface area contributed by atoms with E-state index in [1.165, 1.54) is 18.3 Å². The van der Waals surface area contributed by atoms with Crippen molar-refractivity contribution in [2.24, 2.45) is 0 Å². The molecule has 10 heteroatoms. The summed E-state index contributed by atoms with van der Waals surface area (Å²) in [4.78, 5) is 42.7. The molecule has 9 nitrogen and oxygen atoms in total. The number of thioether (sulfide) groups is 1. The monoisotopic (exact) mass is 438 g/mol. The number of amides is 2. The zero-order chi connectivity index (χ0) is 22.0. The van der Waals surface area contributed by atoms with Crippen LogP contribution in [0, 0.1) is 6.92 Å². The van der Waals surface area contributed by atoms with Crippen molar-refractivity contribution in [2.45, 2.75) is 30.7 Å². The molecule has 4 rings (SSSR count). The molecule has 0 saturated carbocycles. The molecule has 2 amide bonds. The van der Waals surface area contributed by atoms with Gasteiger partial charge in [-0.2, -0.15) is 5.10 Å². The Morgan fingerprint density at radius 3 is 2.68 bits per heavy atom. The van der Waals surface area contributed by atoms with Gasteiger partial charge in [0.25, 0.3) is 0 Å². The van der Waals surface area contributed by atoms with Crippen LogP contribution in [0.5, 0.6) is 0 Å². The lowest BCUT2D eigenvalue weighted by atomic mass is 10.2. The number of hydrogen-bond acceptors (Lipinski definition) is 9. The van der Waals surface area contributed by atoms with Gasteiger partial charge in [-0.1, -0.05) is 11.8 Å². The first kappa shape index (κ1) is 20.7. The minimum absolute atomic E-state index is 0.0105. The lowest BCUT2D eigenvalue weighted by Crippen LogP contribution is -2.31. The third-order valence-electron chi connectivity index (χ3n) is 4.52. The van der Waals surface area contributed by atoms with Crippen LogP contribution in [0.2, 0.25) is 0 Å². The second-order valence-electron chi connectivity index (χ2n) is 6.68. The highest BCUT2D eigenvalue weighted by molar-refractivity contribution is 8.00. The standard InChI is InChI=1S/C21H18N4O5S/c1-3-29-20(28)13-5-7-14(8-6-13)25-18(26)10-17(19(25)27)31-21-23-15(11-22-24-21)16-9-4-12(2)30-16/h4-9,11,17H,3,10H2,1-2H3. The van der Waals surface area contributed by atoms with Crippen LogP contribution >= 0.6 is 11.8 Å². The van der Waals surface area contributed by atoms with Crippen molar-refractivity contribution in [3.05, 3.63) is 53.9 Å². The first-order valence-electron chi connectivity index (χ1n) is 9.53. The lowest BCUT2D eigenvalue weighted by Gasteiger charge is -2.15. The summed E-state index contributed by atoms with van der Waals surface area (Å²) in [5.74, 6) is 0.118. The molecule has 0 N–H and O–H groups in total. The SMILES string of the molecule is CCOC(=O)c1ccc(N2C(=O)CC(Sc3nncc(-c4ccc(C)o4)n3)C2=O)cc1. The molecule has 31 heavy (non-hydrogen) atoms. The van der Waals surface area contributed by atoms with Gasteiger partial charge in [0.05, 0.1) is 24.1 Å². The van der Waals surface area contributed by atoms with Gasteiger partial charge >= 0.3 is 5.97 Å². The van der Waals surface area contributed by atoms with Crippen molar-refractivity contribution in [1.82, 2.24) is 15.2 Å². The highest BCUT2D eigenvalue weighted by atomic mass is 32.2. The van der Waals surface area contributed by atoms with Gasteiger partial charge in [0.15, 0.2) is 5.76 Å². The third kappa shape index (κ3) is 4.33. The Kier molecular flexibility index (Phi) is 5.81. The van der Waals surface area contributed by atoms with Gasteiger partial charge in [0.1, 0.15) is 16.7 Å². The molecule has 2 aromatic heterocycles. The first-order chi connectivity index (χ1) is 15.0. The van der Waals surface area contributed by atoms with Crippen molar-refractivity contribution < 1.29 is 23.5 Å². The Hall–Kier alpha value is -3.53. The molecule has 0 aliphatic carbocycles. The van der Waals surface area contributed by atoms with Crippen LogP contribution in [0.3, 0.4) is 0 Å². The van der Waals surface area contributed by atoms with Crippen molar-refractivity contribution >= 4 is 35.2 Å². The average molecular weight is 438 g/mol. The van der Waals surface area contributed by atoms with E-state index in [-0.39, 0.29) is 30.0 Å². The van der Waals surface area contributed by atoms with Crippen LogP contribution in [-0.4, -0.2) is 44.8 Å². The molecule has 1 unspecified atom stereocenters. The number of aryl methyl sites for hydroxylation is 1. The van der Waals surface area contributed by atoms with Crippen molar-refractivity contribution in [1.29, 1.82) is 0 Å². The van der Waals surface area contributed by atoms with Crippen molar-refractivity contribution in [3.8, 4) is 11.5 Å². The molecule has 0 radical (unpaired) electrons. The molecular formula is C21H18N4O5S. The number of aromatic nitrogens is 3. The van der Waals surface area contributed by atoms with Gasteiger partial charge in [0.2, 0.25) is 17.0 Å². The number of nitrogens with zero attached hydrogens (tertiary/aromatic N) is 4. The molecule has 3 heterocycles. The Bertz CT molecular complexity index is 1140. The number of hydrogen-bond donors (Lipinski definition) is 0. The summed E-state index contributed by atoms with van der Waals surface area (Å²) in [5, 5.41) is 7.50. The van der Waals surface area contributed by atoms with E-state index in [2.05, 4.69) is 15.2 Å². The Labute approximate surface area is 181 Å². The number of benzene rings is 1. The number of esters is 1. The van der Waals surface area contributed by atoms with Crippen LogP contribution in [0.4, 0.5) is 5.69 Å². The number of furan rings is 1. The predicted molar refractivity (Wildman–Crippen MR) is 111 cm³/mol. The largest absolute Gasteiger partial charge is 0.462 e. The fourth-order valence-electron chi connectivity index (χ4n) is 3.08. The van der Waals surface area contributed by atoms with Gasteiger partial charge < -0.3 is 9.15 Å². The molecule has 0 spiro atoms. The molecule has 1 atom stereocenters. The van der Waals surface area contributed by atoms with E-state index in [9.17, 15) is 14.4 Å². The van der Waals surface area contributed by atoms with Gasteiger partial charge in [-0.3, -0.25) is 9.59 Å². The highest BCUT2D eigenvalue weighted by Crippen LogP contribution is 2.33. The summed E-state index contributed by atoms with van der Waals surface area (Å²) >= 11 is 1.08. The van der Waals surface area contributed by atoms with Crippen LogP contribution < -0.4 is 4.90 Å². The zero-order valence-corrected chi connectivity index (χ0v) is 17.6. The number of carbonyl (C=O) groups is 3. The molecule has 1 fully saturated rings. The average Bonchev–Trinajstić information content (AvgIpc) is 3.31. The summed E-state index contributed by atoms with van der Waals surface area (Å²) in [6.07, 6.45) is 1.48. The van der Waals surface area contributed by atoms with E-state index < -0.39 is 11.2 Å². The summed E-state index contributed by atoms with van der Waals surface area (Å²) in [5.41, 5.74) is 1.24. The number of carbonyl (C=O) groups excluding carboxylic acids is 3. The second kappa shape index (κ2) is 8.68. The van der Waals surface area contributed by atoms with Gasteiger partial charge in [-0.05, 0) is 50.2 Å². The van der Waals surface area contributed by atoms with E-state index in [4.69, 9.17) is 9.15 Å². The third-order valence-corrected chi connectivity index (χ3v) is 5.56. The molecular weight excluding hydrogens is 420 g/mol. The molecule has 0 bridgehead atoms. The summed E-state index contributed by atoms with van der Waals surface area (Å²) < 4.78 is 10.5. The van der Waals surface area contributed by atoms with Crippen molar-refractivity contribution in [2.75, 3.05) is 11.5 Å². The molecule has 1 aliphatic heterocycles. The predicted octanol–water partition coefficient (Wildman–Crippen LogP) is 3.04. The summed E-state index contributed by atoms with van der Waals surface area (Å²) in [7, 11) is 0. The minimum Gasteiger partial charge on any atom is -0.462 e. The van der Waals surface area contributed by atoms with E-state index in [0.29, 0.717) is 22.7 Å². The van der Waals surface area contributed by atoms with Crippen molar-refractivity contribution in [3.63, 3.8) is 0 Å². The lowest BCUT2D eigenvalue weighted by molar-refractivity contribution is -0.121. The summed E-state index contributed by atoms with van der Waals surface area (Å²) in [6.45, 7) is 3.81. The van der Waals surface area contributed by atoms with E-state index >= 15 is 0 Å². The minimum atomic E-state index is -0.673. The molecule has 3 aromatic rings. The Balaban J connectivity index is 1.49. The first-order valence-corrected chi connectivity index (χ1v) is 10.4. The van der Waals surface area contributed by atoms with Gasteiger partial charge in [0, 0.05) is 6.42 Å².